The minimum absolute atomic E-state index is 0.00888. The largest absolute Gasteiger partial charge is 0.336 e. The maximum atomic E-state index is 13.5. The van der Waals surface area contributed by atoms with Gasteiger partial charge in [-0.1, -0.05) is 18.2 Å². The minimum Gasteiger partial charge on any atom is -0.336 e. The Bertz CT molecular complexity index is 1170. The highest BCUT2D eigenvalue weighted by atomic mass is 16.2. The molecule has 1 saturated heterocycles. The van der Waals surface area contributed by atoms with Gasteiger partial charge in [0, 0.05) is 69.3 Å². The zero-order chi connectivity index (χ0) is 21.8. The quantitative estimate of drug-likeness (QED) is 0.492. The van der Waals surface area contributed by atoms with Crippen LogP contribution in [-0.4, -0.2) is 61.6 Å². The minimum atomic E-state index is 0.00888. The van der Waals surface area contributed by atoms with E-state index in [9.17, 15) is 4.79 Å². The average Bonchev–Trinajstić information content (AvgIpc) is 3.31. The van der Waals surface area contributed by atoms with Crippen molar-refractivity contribution in [1.82, 2.24) is 29.5 Å². The third-order valence-electron chi connectivity index (χ3n) is 5.72. The molecule has 0 N–H and O–H groups in total. The molecule has 1 fully saturated rings. The molecule has 1 amide bonds. The highest BCUT2D eigenvalue weighted by molar-refractivity contribution is 6.00. The predicted molar refractivity (Wildman–Crippen MR) is 122 cm³/mol. The Hall–Kier alpha value is -3.84. The number of rotatable bonds is 5. The number of carbonyl (C=O) groups is 1. The van der Waals surface area contributed by atoms with E-state index in [1.54, 1.807) is 17.1 Å². The molecule has 7 heteroatoms. The molecule has 0 bridgehead atoms. The molecule has 0 unspecified atom stereocenters. The van der Waals surface area contributed by atoms with Crippen LogP contribution in [0.5, 0.6) is 0 Å². The molecule has 7 nitrogen and oxygen atoms in total. The number of hydrogen-bond donors (Lipinski definition) is 0. The third-order valence-corrected chi connectivity index (χ3v) is 5.72. The summed E-state index contributed by atoms with van der Waals surface area (Å²) in [6.07, 6.45) is 8.95. The van der Waals surface area contributed by atoms with Crippen molar-refractivity contribution in [1.29, 1.82) is 0 Å². The van der Waals surface area contributed by atoms with Crippen molar-refractivity contribution >= 4 is 5.91 Å². The summed E-state index contributed by atoms with van der Waals surface area (Å²) < 4.78 is 1.77. The molecule has 0 aliphatic carbocycles. The van der Waals surface area contributed by atoms with Crippen LogP contribution in [-0.2, 0) is 6.54 Å². The number of hydrogen-bond acceptors (Lipinski definition) is 5. The predicted octanol–water partition coefficient (Wildman–Crippen LogP) is 3.29. The van der Waals surface area contributed by atoms with Crippen LogP contribution in [0.25, 0.3) is 16.9 Å². The number of benzene rings is 1. The van der Waals surface area contributed by atoms with E-state index in [1.165, 1.54) is 5.56 Å². The average molecular weight is 425 g/mol. The van der Waals surface area contributed by atoms with E-state index < -0.39 is 0 Å². The number of pyridine rings is 2. The third kappa shape index (κ3) is 4.29. The van der Waals surface area contributed by atoms with Crippen molar-refractivity contribution in [3.8, 4) is 16.9 Å². The zero-order valence-corrected chi connectivity index (χ0v) is 17.7. The van der Waals surface area contributed by atoms with E-state index in [2.05, 4.69) is 14.9 Å². The molecular formula is C25H24N6O. The molecule has 0 spiro atoms. The topological polar surface area (TPSA) is 67.2 Å². The van der Waals surface area contributed by atoms with Gasteiger partial charge in [-0.25, -0.2) is 4.68 Å². The molecule has 4 aromatic rings. The molecule has 0 atom stereocenters. The fraction of sp³-hybridized carbons (Fsp3) is 0.200. The molecule has 0 radical (unpaired) electrons. The summed E-state index contributed by atoms with van der Waals surface area (Å²) in [6, 6.07) is 17.7. The molecule has 4 heterocycles. The number of aromatic nitrogens is 4. The number of carbonyl (C=O) groups excluding carboxylic acids is 1. The first-order valence-electron chi connectivity index (χ1n) is 10.7. The maximum Gasteiger partial charge on any atom is 0.257 e. The van der Waals surface area contributed by atoms with Crippen LogP contribution < -0.4 is 0 Å². The lowest BCUT2D eigenvalue weighted by Gasteiger charge is -2.34. The summed E-state index contributed by atoms with van der Waals surface area (Å²) in [4.78, 5) is 26.1. The first-order chi connectivity index (χ1) is 15.8. The molecule has 5 rings (SSSR count). The Morgan fingerprint density at radius 1 is 0.844 bits per heavy atom. The van der Waals surface area contributed by atoms with Crippen molar-refractivity contribution < 1.29 is 4.79 Å². The van der Waals surface area contributed by atoms with Crippen molar-refractivity contribution in [3.63, 3.8) is 0 Å². The molecule has 1 aliphatic heterocycles. The van der Waals surface area contributed by atoms with Crippen molar-refractivity contribution in [2.24, 2.45) is 0 Å². The Balaban J connectivity index is 1.37. The maximum absolute atomic E-state index is 13.5. The van der Waals surface area contributed by atoms with Gasteiger partial charge in [0.25, 0.3) is 5.91 Å². The van der Waals surface area contributed by atoms with Gasteiger partial charge in [0.1, 0.15) is 5.69 Å². The lowest BCUT2D eigenvalue weighted by Crippen LogP contribution is -2.48. The van der Waals surface area contributed by atoms with Gasteiger partial charge in [0.2, 0.25) is 0 Å². The fourth-order valence-electron chi connectivity index (χ4n) is 3.99. The van der Waals surface area contributed by atoms with Crippen molar-refractivity contribution in [3.05, 3.63) is 96.7 Å². The van der Waals surface area contributed by atoms with Crippen molar-refractivity contribution in [2.75, 3.05) is 26.2 Å². The van der Waals surface area contributed by atoms with Crippen LogP contribution in [0.2, 0.25) is 0 Å². The van der Waals surface area contributed by atoms with Gasteiger partial charge in [-0.05, 0) is 42.0 Å². The van der Waals surface area contributed by atoms with Gasteiger partial charge in [0.15, 0.2) is 0 Å². The lowest BCUT2D eigenvalue weighted by molar-refractivity contribution is 0.0629. The summed E-state index contributed by atoms with van der Waals surface area (Å²) >= 11 is 0. The Morgan fingerprint density at radius 2 is 1.62 bits per heavy atom. The molecule has 32 heavy (non-hydrogen) atoms. The Labute approximate surface area is 187 Å². The zero-order valence-electron chi connectivity index (χ0n) is 17.7. The van der Waals surface area contributed by atoms with E-state index in [0.29, 0.717) is 24.3 Å². The van der Waals surface area contributed by atoms with Gasteiger partial charge in [-0.15, -0.1) is 0 Å². The van der Waals surface area contributed by atoms with Crippen LogP contribution >= 0.6 is 0 Å². The highest BCUT2D eigenvalue weighted by Crippen LogP contribution is 2.25. The Kier molecular flexibility index (Phi) is 5.72. The Morgan fingerprint density at radius 3 is 2.34 bits per heavy atom. The van der Waals surface area contributed by atoms with Gasteiger partial charge in [-0.2, -0.15) is 5.10 Å². The molecule has 160 valence electrons. The molecule has 1 aromatic carbocycles. The smallest absolute Gasteiger partial charge is 0.257 e. The second kappa shape index (κ2) is 9.11. The van der Waals surface area contributed by atoms with Gasteiger partial charge in [0.05, 0.1) is 11.3 Å². The molecule has 0 saturated carbocycles. The lowest BCUT2D eigenvalue weighted by atomic mass is 10.1. The number of nitrogens with zero attached hydrogens (tertiary/aromatic N) is 6. The number of para-hydroxylation sites is 1. The van der Waals surface area contributed by atoms with E-state index in [1.807, 2.05) is 78.1 Å². The number of amides is 1. The second-order valence-electron chi connectivity index (χ2n) is 7.84. The molecule has 3 aromatic heterocycles. The standard InChI is InChI=1S/C25H24N6O/c32-25(30-15-13-29(14-16-30)18-20-8-11-26-12-9-20)23-19-31(22-6-2-1-3-7-22)28-24(23)21-5-4-10-27-17-21/h1-12,17,19H,13-16,18H2. The summed E-state index contributed by atoms with van der Waals surface area (Å²) in [7, 11) is 0. The monoisotopic (exact) mass is 424 g/mol. The van der Waals surface area contributed by atoms with E-state index >= 15 is 0 Å². The van der Waals surface area contributed by atoms with Crippen LogP contribution in [0.15, 0.2) is 85.6 Å². The molecular weight excluding hydrogens is 400 g/mol. The SMILES string of the molecule is O=C(c1cn(-c2ccccc2)nc1-c1cccnc1)N1CCN(Cc2ccncc2)CC1. The van der Waals surface area contributed by atoms with Crippen LogP contribution in [0.1, 0.15) is 15.9 Å². The first-order valence-corrected chi connectivity index (χ1v) is 10.7. The second-order valence-corrected chi connectivity index (χ2v) is 7.84. The van der Waals surface area contributed by atoms with Gasteiger partial charge < -0.3 is 4.90 Å². The summed E-state index contributed by atoms with van der Waals surface area (Å²) in [5.41, 5.74) is 4.25. The summed E-state index contributed by atoms with van der Waals surface area (Å²) in [5.74, 6) is 0.00888. The van der Waals surface area contributed by atoms with Crippen LogP contribution in [0.3, 0.4) is 0 Å². The van der Waals surface area contributed by atoms with Gasteiger partial charge in [-0.3, -0.25) is 19.7 Å². The summed E-state index contributed by atoms with van der Waals surface area (Å²) in [5, 5.41) is 4.75. The number of piperazine rings is 1. The summed E-state index contributed by atoms with van der Waals surface area (Å²) in [6.45, 7) is 3.92. The van der Waals surface area contributed by atoms with E-state index in [0.717, 1.165) is 30.9 Å². The van der Waals surface area contributed by atoms with E-state index in [-0.39, 0.29) is 5.91 Å². The van der Waals surface area contributed by atoms with Gasteiger partial charge >= 0.3 is 0 Å². The highest BCUT2D eigenvalue weighted by Gasteiger charge is 2.26. The van der Waals surface area contributed by atoms with Crippen molar-refractivity contribution in [2.45, 2.75) is 6.54 Å². The fourth-order valence-corrected chi connectivity index (χ4v) is 3.99. The van der Waals surface area contributed by atoms with Crippen LogP contribution in [0.4, 0.5) is 0 Å². The van der Waals surface area contributed by atoms with Crippen LogP contribution in [0, 0.1) is 0 Å². The van der Waals surface area contributed by atoms with E-state index in [4.69, 9.17) is 5.10 Å². The molecule has 1 aliphatic rings. The normalized spacial score (nSPS) is 14.4. The first kappa shape index (κ1) is 20.1.